The number of halogens is 2. The maximum atomic E-state index is 13.2. The van der Waals surface area contributed by atoms with Crippen molar-refractivity contribution in [2.45, 2.75) is 6.54 Å². The number of rotatable bonds is 3. The van der Waals surface area contributed by atoms with Crippen molar-refractivity contribution in [2.75, 3.05) is 5.32 Å². The summed E-state index contributed by atoms with van der Waals surface area (Å²) < 4.78 is 14.2. The summed E-state index contributed by atoms with van der Waals surface area (Å²) in [7, 11) is 0. The molecule has 2 aromatic rings. The maximum absolute atomic E-state index is 13.2. The van der Waals surface area contributed by atoms with Crippen LogP contribution in [0.2, 0.25) is 0 Å². The fraction of sp³-hybridized carbons (Fsp3) is 0.0714. The van der Waals surface area contributed by atoms with Crippen LogP contribution < -0.4 is 5.32 Å². The Morgan fingerprint density at radius 1 is 1.17 bits per heavy atom. The third-order valence-corrected chi connectivity index (χ3v) is 2.97. The topological polar surface area (TPSA) is 35.8 Å². The van der Waals surface area contributed by atoms with Gasteiger partial charge in [0.15, 0.2) is 0 Å². The molecule has 2 aromatic carbocycles. The molecule has 0 aliphatic carbocycles. The molecule has 2 nitrogen and oxygen atoms in total. The van der Waals surface area contributed by atoms with Gasteiger partial charge in [0.05, 0.1) is 11.6 Å². The first kappa shape index (κ1) is 12.6. The molecule has 18 heavy (non-hydrogen) atoms. The van der Waals surface area contributed by atoms with E-state index in [0.717, 1.165) is 10.0 Å². The first-order valence-electron chi connectivity index (χ1n) is 5.36. The predicted octanol–water partition coefficient (Wildman–Crippen LogP) is 4.07. The van der Waals surface area contributed by atoms with Gasteiger partial charge in [-0.3, -0.25) is 0 Å². The number of anilines is 1. The summed E-state index contributed by atoms with van der Waals surface area (Å²) in [6.45, 7) is 0.585. The lowest BCUT2D eigenvalue weighted by molar-refractivity contribution is 0.627. The van der Waals surface area contributed by atoms with E-state index in [-0.39, 0.29) is 0 Å². The molecule has 0 amide bonds. The number of nitriles is 1. The largest absolute Gasteiger partial charge is 0.381 e. The van der Waals surface area contributed by atoms with Crippen molar-refractivity contribution >= 4 is 21.6 Å². The lowest BCUT2D eigenvalue weighted by Crippen LogP contribution is -2.00. The standard InChI is InChI=1S/C14H10BrFN2/c15-12-3-1-10(2-4-12)9-18-14-6-11(8-17)5-13(16)7-14/h1-7,18H,9H2. The average molecular weight is 305 g/mol. The predicted molar refractivity (Wildman–Crippen MR) is 72.6 cm³/mol. The van der Waals surface area contributed by atoms with Gasteiger partial charge in [-0.1, -0.05) is 28.1 Å². The third kappa shape index (κ3) is 3.31. The Morgan fingerprint density at radius 3 is 2.56 bits per heavy atom. The molecule has 0 fully saturated rings. The highest BCUT2D eigenvalue weighted by Gasteiger charge is 2.00. The Morgan fingerprint density at radius 2 is 1.89 bits per heavy atom. The van der Waals surface area contributed by atoms with Crippen LogP contribution in [0.5, 0.6) is 0 Å². The van der Waals surface area contributed by atoms with Crippen LogP contribution in [0.25, 0.3) is 0 Å². The second-order valence-corrected chi connectivity index (χ2v) is 4.74. The number of hydrogen-bond acceptors (Lipinski definition) is 2. The highest BCUT2D eigenvalue weighted by atomic mass is 79.9. The molecule has 0 heterocycles. The van der Waals surface area contributed by atoms with Crippen molar-refractivity contribution < 1.29 is 4.39 Å². The Hall–Kier alpha value is -1.86. The highest BCUT2D eigenvalue weighted by Crippen LogP contribution is 2.16. The van der Waals surface area contributed by atoms with E-state index in [2.05, 4.69) is 21.2 Å². The van der Waals surface area contributed by atoms with Crippen LogP contribution in [0, 0.1) is 17.1 Å². The van der Waals surface area contributed by atoms with Gasteiger partial charge in [-0.05, 0) is 35.9 Å². The van der Waals surface area contributed by atoms with Gasteiger partial charge in [0, 0.05) is 16.7 Å². The van der Waals surface area contributed by atoms with Crippen molar-refractivity contribution in [3.63, 3.8) is 0 Å². The summed E-state index contributed by atoms with van der Waals surface area (Å²) in [4.78, 5) is 0. The SMILES string of the molecule is N#Cc1cc(F)cc(NCc2ccc(Br)cc2)c1. The molecule has 0 unspecified atom stereocenters. The molecule has 2 rings (SSSR count). The van der Waals surface area contributed by atoms with E-state index in [1.54, 1.807) is 6.07 Å². The van der Waals surface area contributed by atoms with E-state index in [0.29, 0.717) is 17.8 Å². The zero-order chi connectivity index (χ0) is 13.0. The highest BCUT2D eigenvalue weighted by molar-refractivity contribution is 9.10. The molecule has 4 heteroatoms. The molecule has 0 bridgehead atoms. The summed E-state index contributed by atoms with van der Waals surface area (Å²) in [5.41, 5.74) is 2.00. The van der Waals surface area contributed by atoms with Crippen LogP contribution in [0.3, 0.4) is 0 Å². The Balaban J connectivity index is 2.08. The van der Waals surface area contributed by atoms with Gasteiger partial charge in [0.2, 0.25) is 0 Å². The number of nitrogens with zero attached hydrogens (tertiary/aromatic N) is 1. The first-order chi connectivity index (χ1) is 8.67. The van der Waals surface area contributed by atoms with Crippen LogP contribution in [0.1, 0.15) is 11.1 Å². The van der Waals surface area contributed by atoms with E-state index in [1.807, 2.05) is 30.3 Å². The maximum Gasteiger partial charge on any atom is 0.126 e. The molecule has 0 spiro atoms. The molecule has 0 radical (unpaired) electrons. The normalized spacial score (nSPS) is 9.83. The van der Waals surface area contributed by atoms with Crippen LogP contribution in [-0.2, 0) is 6.54 Å². The first-order valence-corrected chi connectivity index (χ1v) is 6.16. The smallest absolute Gasteiger partial charge is 0.126 e. The van der Waals surface area contributed by atoms with Crippen molar-refractivity contribution in [1.82, 2.24) is 0 Å². The van der Waals surface area contributed by atoms with Gasteiger partial charge in [0.1, 0.15) is 5.82 Å². The second-order valence-electron chi connectivity index (χ2n) is 3.82. The van der Waals surface area contributed by atoms with Crippen LogP contribution in [0.4, 0.5) is 10.1 Å². The molecule has 0 aliphatic rings. The van der Waals surface area contributed by atoms with Gasteiger partial charge in [0.25, 0.3) is 0 Å². The van der Waals surface area contributed by atoms with Crippen molar-refractivity contribution in [1.29, 1.82) is 5.26 Å². The summed E-state index contributed by atoms with van der Waals surface area (Å²) in [6, 6.07) is 14.0. The Bertz CT molecular complexity index is 588. The molecule has 1 N–H and O–H groups in total. The zero-order valence-electron chi connectivity index (χ0n) is 9.45. The average Bonchev–Trinajstić information content (AvgIpc) is 2.37. The fourth-order valence-electron chi connectivity index (χ4n) is 1.56. The van der Waals surface area contributed by atoms with Crippen molar-refractivity contribution in [2.24, 2.45) is 0 Å². The van der Waals surface area contributed by atoms with Crippen LogP contribution >= 0.6 is 15.9 Å². The summed E-state index contributed by atoms with van der Waals surface area (Å²) in [5.74, 6) is -0.410. The van der Waals surface area contributed by atoms with Crippen molar-refractivity contribution in [3.8, 4) is 6.07 Å². The summed E-state index contributed by atoms with van der Waals surface area (Å²) in [6.07, 6.45) is 0. The fourth-order valence-corrected chi connectivity index (χ4v) is 1.83. The minimum Gasteiger partial charge on any atom is -0.381 e. The Labute approximate surface area is 113 Å². The lowest BCUT2D eigenvalue weighted by Gasteiger charge is -2.07. The monoisotopic (exact) mass is 304 g/mol. The third-order valence-electron chi connectivity index (χ3n) is 2.44. The van der Waals surface area contributed by atoms with E-state index in [9.17, 15) is 4.39 Å². The summed E-state index contributed by atoms with van der Waals surface area (Å²) >= 11 is 3.36. The molecule has 0 aromatic heterocycles. The summed E-state index contributed by atoms with van der Waals surface area (Å²) in [5, 5.41) is 11.8. The number of nitrogens with one attached hydrogen (secondary N) is 1. The van der Waals surface area contributed by atoms with Crippen LogP contribution in [-0.4, -0.2) is 0 Å². The molecule has 0 saturated heterocycles. The zero-order valence-corrected chi connectivity index (χ0v) is 11.0. The second kappa shape index (κ2) is 5.65. The Kier molecular flexibility index (Phi) is 3.96. The van der Waals surface area contributed by atoms with Gasteiger partial charge in [-0.25, -0.2) is 4.39 Å². The van der Waals surface area contributed by atoms with Crippen LogP contribution in [0.15, 0.2) is 46.9 Å². The quantitative estimate of drug-likeness (QED) is 0.927. The van der Waals surface area contributed by atoms with Gasteiger partial charge < -0.3 is 5.32 Å². The van der Waals surface area contributed by atoms with Gasteiger partial charge >= 0.3 is 0 Å². The minimum absolute atomic E-state index is 0.313. The van der Waals surface area contributed by atoms with Gasteiger partial charge in [-0.15, -0.1) is 0 Å². The molecule has 0 saturated carbocycles. The van der Waals surface area contributed by atoms with E-state index in [4.69, 9.17) is 5.26 Å². The molecular formula is C14H10BrFN2. The molecule has 90 valence electrons. The molecule has 0 atom stereocenters. The number of benzene rings is 2. The van der Waals surface area contributed by atoms with E-state index >= 15 is 0 Å². The number of hydrogen-bond donors (Lipinski definition) is 1. The van der Waals surface area contributed by atoms with E-state index in [1.165, 1.54) is 12.1 Å². The van der Waals surface area contributed by atoms with Gasteiger partial charge in [-0.2, -0.15) is 5.26 Å². The minimum atomic E-state index is -0.410. The lowest BCUT2D eigenvalue weighted by atomic mass is 10.2. The molecule has 0 aliphatic heterocycles. The van der Waals surface area contributed by atoms with E-state index < -0.39 is 5.82 Å². The molecular weight excluding hydrogens is 295 g/mol. The van der Waals surface area contributed by atoms with Crippen molar-refractivity contribution in [3.05, 3.63) is 63.9 Å².